The van der Waals surface area contributed by atoms with E-state index < -0.39 is 0 Å². The monoisotopic (exact) mass is 172 g/mol. The molecule has 0 saturated heterocycles. The van der Waals surface area contributed by atoms with Crippen molar-refractivity contribution >= 4 is 34.0 Å². The van der Waals surface area contributed by atoms with Gasteiger partial charge >= 0.3 is 0 Å². The van der Waals surface area contributed by atoms with Gasteiger partial charge in [0.1, 0.15) is 6.33 Å². The zero-order valence-electron chi connectivity index (χ0n) is 5.02. The first-order chi connectivity index (χ1) is 4.47. The normalized spacial score (nSPS) is 9.20. The number of halogens is 1. The van der Waals surface area contributed by atoms with E-state index in [2.05, 4.69) is 9.97 Å². The third kappa shape index (κ3) is 1.10. The highest BCUT2D eigenvalue weighted by molar-refractivity contribution is 7.17. The van der Waals surface area contributed by atoms with Crippen LogP contribution >= 0.6 is 23.7 Å². The SMILES string of the molecule is Cl.c1ncc2sccc2n1. The number of hydrogen-bond donors (Lipinski definition) is 0. The van der Waals surface area contributed by atoms with E-state index in [1.165, 1.54) is 0 Å². The Labute approximate surface area is 68.3 Å². The highest BCUT2D eigenvalue weighted by Crippen LogP contribution is 2.15. The second kappa shape index (κ2) is 2.94. The summed E-state index contributed by atoms with van der Waals surface area (Å²) in [4.78, 5) is 7.92. The van der Waals surface area contributed by atoms with Crippen LogP contribution in [0.3, 0.4) is 0 Å². The Kier molecular flexibility index (Phi) is 2.19. The van der Waals surface area contributed by atoms with Crippen molar-refractivity contribution in [2.45, 2.75) is 0 Å². The number of fused-ring (bicyclic) bond motifs is 1. The van der Waals surface area contributed by atoms with E-state index in [-0.39, 0.29) is 12.4 Å². The molecule has 0 N–H and O–H groups in total. The van der Waals surface area contributed by atoms with Crippen molar-refractivity contribution in [2.75, 3.05) is 0 Å². The van der Waals surface area contributed by atoms with E-state index in [0.29, 0.717) is 0 Å². The zero-order chi connectivity index (χ0) is 6.10. The molecule has 0 aliphatic heterocycles. The zero-order valence-corrected chi connectivity index (χ0v) is 6.65. The Morgan fingerprint density at radius 2 is 2.30 bits per heavy atom. The van der Waals surface area contributed by atoms with E-state index in [0.717, 1.165) is 10.2 Å². The molecular weight excluding hydrogens is 168 g/mol. The van der Waals surface area contributed by atoms with Crippen molar-refractivity contribution < 1.29 is 0 Å². The average molecular weight is 173 g/mol. The quantitative estimate of drug-likeness (QED) is 0.609. The molecule has 0 unspecified atom stereocenters. The molecule has 0 bridgehead atoms. The van der Waals surface area contributed by atoms with Crippen molar-refractivity contribution in [3.63, 3.8) is 0 Å². The largest absolute Gasteiger partial charge is 0.243 e. The molecule has 0 fully saturated rings. The molecule has 0 aliphatic carbocycles. The van der Waals surface area contributed by atoms with Crippen LogP contribution < -0.4 is 0 Å². The van der Waals surface area contributed by atoms with Crippen LogP contribution in [0.25, 0.3) is 10.2 Å². The molecular formula is C6H5ClN2S. The predicted octanol–water partition coefficient (Wildman–Crippen LogP) is 2.11. The molecule has 2 rings (SSSR count). The fourth-order valence-electron chi connectivity index (χ4n) is 0.714. The van der Waals surface area contributed by atoms with Crippen LogP contribution in [-0.2, 0) is 0 Å². The van der Waals surface area contributed by atoms with E-state index in [4.69, 9.17) is 0 Å². The standard InChI is InChI=1S/C6H4N2S.ClH/c1-2-9-6-3-7-4-8-5(1)6;/h1-4H;1H. The molecule has 2 aromatic rings. The molecule has 0 saturated carbocycles. The average Bonchev–Trinajstić information content (AvgIpc) is 2.33. The second-order valence-electron chi connectivity index (χ2n) is 1.69. The lowest BCUT2D eigenvalue weighted by Gasteiger charge is -1.81. The molecule has 2 heterocycles. The minimum Gasteiger partial charge on any atom is -0.243 e. The van der Waals surface area contributed by atoms with Crippen LogP contribution in [0.5, 0.6) is 0 Å². The number of thiophene rings is 1. The Bertz CT molecular complexity index is 290. The van der Waals surface area contributed by atoms with Crippen molar-refractivity contribution in [1.82, 2.24) is 9.97 Å². The smallest absolute Gasteiger partial charge is 0.116 e. The second-order valence-corrected chi connectivity index (χ2v) is 2.64. The molecule has 0 spiro atoms. The lowest BCUT2D eigenvalue weighted by atomic mass is 10.5. The first-order valence-corrected chi connectivity index (χ1v) is 3.48. The van der Waals surface area contributed by atoms with Gasteiger partial charge in [0, 0.05) is 6.20 Å². The van der Waals surface area contributed by atoms with E-state index in [9.17, 15) is 0 Å². The summed E-state index contributed by atoms with van der Waals surface area (Å²) in [6, 6.07) is 1.99. The summed E-state index contributed by atoms with van der Waals surface area (Å²) in [6.07, 6.45) is 3.39. The highest BCUT2D eigenvalue weighted by atomic mass is 35.5. The van der Waals surface area contributed by atoms with Crippen LogP contribution in [0, 0.1) is 0 Å². The summed E-state index contributed by atoms with van der Waals surface area (Å²) in [7, 11) is 0. The lowest BCUT2D eigenvalue weighted by molar-refractivity contribution is 1.23. The molecule has 2 nitrogen and oxygen atoms in total. The van der Waals surface area contributed by atoms with Crippen molar-refractivity contribution in [3.8, 4) is 0 Å². The van der Waals surface area contributed by atoms with Gasteiger partial charge in [-0.25, -0.2) is 9.97 Å². The fourth-order valence-corrected chi connectivity index (χ4v) is 1.42. The third-order valence-corrected chi connectivity index (χ3v) is 1.97. The third-order valence-electron chi connectivity index (χ3n) is 1.13. The van der Waals surface area contributed by atoms with E-state index >= 15 is 0 Å². The van der Waals surface area contributed by atoms with Gasteiger partial charge in [0.05, 0.1) is 10.2 Å². The van der Waals surface area contributed by atoms with Crippen molar-refractivity contribution in [2.24, 2.45) is 0 Å². The van der Waals surface area contributed by atoms with Crippen LogP contribution in [0.4, 0.5) is 0 Å². The summed E-state index contributed by atoms with van der Waals surface area (Å²) < 4.78 is 1.15. The van der Waals surface area contributed by atoms with Gasteiger partial charge in [-0.1, -0.05) is 0 Å². The maximum atomic E-state index is 4.04. The van der Waals surface area contributed by atoms with Gasteiger partial charge in [0.15, 0.2) is 0 Å². The fraction of sp³-hybridized carbons (Fsp3) is 0. The molecule has 10 heavy (non-hydrogen) atoms. The van der Waals surface area contributed by atoms with Gasteiger partial charge in [-0.15, -0.1) is 23.7 Å². The maximum Gasteiger partial charge on any atom is 0.116 e. The summed E-state index contributed by atoms with van der Waals surface area (Å²) >= 11 is 1.66. The van der Waals surface area contributed by atoms with E-state index in [1.807, 2.05) is 17.6 Å². The van der Waals surface area contributed by atoms with Crippen LogP contribution in [0.2, 0.25) is 0 Å². The highest BCUT2D eigenvalue weighted by Gasteiger charge is 1.90. The van der Waals surface area contributed by atoms with Gasteiger partial charge in [-0.3, -0.25) is 0 Å². The summed E-state index contributed by atoms with van der Waals surface area (Å²) in [5.74, 6) is 0. The van der Waals surface area contributed by atoms with Gasteiger partial charge < -0.3 is 0 Å². The lowest BCUT2D eigenvalue weighted by Crippen LogP contribution is -1.72. The molecule has 0 radical (unpaired) electrons. The van der Waals surface area contributed by atoms with Gasteiger partial charge in [-0.2, -0.15) is 0 Å². The molecule has 2 aromatic heterocycles. The maximum absolute atomic E-state index is 4.04. The van der Waals surface area contributed by atoms with Crippen LogP contribution in [0.1, 0.15) is 0 Å². The summed E-state index contributed by atoms with van der Waals surface area (Å²) in [5.41, 5.74) is 1.04. The topological polar surface area (TPSA) is 25.8 Å². The minimum atomic E-state index is 0. The molecule has 0 aliphatic rings. The van der Waals surface area contributed by atoms with Crippen LogP contribution in [-0.4, -0.2) is 9.97 Å². The number of hydrogen-bond acceptors (Lipinski definition) is 3. The Morgan fingerprint density at radius 1 is 1.40 bits per heavy atom. The minimum absolute atomic E-state index is 0. The number of aromatic nitrogens is 2. The predicted molar refractivity (Wildman–Crippen MR) is 44.7 cm³/mol. The number of rotatable bonds is 0. The first kappa shape index (κ1) is 7.44. The summed E-state index contributed by atoms with van der Waals surface area (Å²) in [5, 5.41) is 2.01. The van der Waals surface area contributed by atoms with Gasteiger partial charge in [-0.05, 0) is 11.4 Å². The molecule has 0 aromatic carbocycles. The van der Waals surface area contributed by atoms with Gasteiger partial charge in [0.2, 0.25) is 0 Å². The van der Waals surface area contributed by atoms with E-state index in [1.54, 1.807) is 17.7 Å². The van der Waals surface area contributed by atoms with Crippen molar-refractivity contribution in [3.05, 3.63) is 24.0 Å². The molecule has 0 amide bonds. The van der Waals surface area contributed by atoms with Crippen molar-refractivity contribution in [1.29, 1.82) is 0 Å². The molecule has 52 valence electrons. The molecule has 0 atom stereocenters. The first-order valence-electron chi connectivity index (χ1n) is 2.60. The number of nitrogens with zero attached hydrogens (tertiary/aromatic N) is 2. The Hall–Kier alpha value is -0.670. The Balaban J connectivity index is 0.000000500. The van der Waals surface area contributed by atoms with Gasteiger partial charge in [0.25, 0.3) is 0 Å². The Morgan fingerprint density at radius 3 is 3.10 bits per heavy atom. The summed E-state index contributed by atoms with van der Waals surface area (Å²) in [6.45, 7) is 0. The van der Waals surface area contributed by atoms with Crippen LogP contribution in [0.15, 0.2) is 24.0 Å². The molecule has 4 heteroatoms.